The molecule has 12 heavy (non-hydrogen) atoms. The zero-order valence-corrected chi connectivity index (χ0v) is 8.76. The van der Waals surface area contributed by atoms with Crippen LogP contribution >= 0.6 is 24.0 Å². The normalized spacial score (nSPS) is 9.83. The van der Waals surface area contributed by atoms with Crippen molar-refractivity contribution in [1.29, 1.82) is 0 Å². The Morgan fingerprint density at radius 2 is 2.17 bits per heavy atom. The summed E-state index contributed by atoms with van der Waals surface area (Å²) in [5.41, 5.74) is 7.75. The number of aryl methyl sites for hydroxylation is 1. The van der Waals surface area contributed by atoms with E-state index in [1.807, 2.05) is 19.2 Å². The molecule has 0 heterocycles. The Labute approximate surface area is 82.3 Å². The van der Waals surface area contributed by atoms with Crippen LogP contribution in [0.1, 0.15) is 11.1 Å². The van der Waals surface area contributed by atoms with E-state index in [0.717, 1.165) is 10.5 Å². The number of hydrogen-bond acceptors (Lipinski definition) is 2. The molecule has 0 fully saturated rings. The van der Waals surface area contributed by atoms with Gasteiger partial charge in [0.25, 0.3) is 0 Å². The van der Waals surface area contributed by atoms with Crippen LogP contribution in [-0.2, 0) is 0 Å². The summed E-state index contributed by atoms with van der Waals surface area (Å²) in [4.78, 5) is 1.62. The second kappa shape index (κ2) is 3.92. The van der Waals surface area contributed by atoms with Crippen LogP contribution in [0.2, 0.25) is 0 Å². The van der Waals surface area contributed by atoms with Gasteiger partial charge in [0.2, 0.25) is 0 Å². The molecule has 1 rings (SSSR count). The molecule has 64 valence electrons. The fraction of sp³-hybridized carbons (Fsp3) is 0.222. The first kappa shape index (κ1) is 9.55. The molecule has 0 bridgehead atoms. The van der Waals surface area contributed by atoms with Crippen molar-refractivity contribution in [1.82, 2.24) is 0 Å². The van der Waals surface area contributed by atoms with Crippen molar-refractivity contribution in [2.75, 3.05) is 6.26 Å². The number of thioether (sulfide) groups is 1. The number of hydrogen-bond donors (Lipinski definition) is 1. The molecule has 0 aliphatic carbocycles. The molecule has 0 aromatic heterocycles. The van der Waals surface area contributed by atoms with E-state index in [-0.39, 0.29) is 0 Å². The lowest BCUT2D eigenvalue weighted by Crippen LogP contribution is -2.10. The summed E-state index contributed by atoms with van der Waals surface area (Å²) in [7, 11) is 0. The standard InChI is InChI=1S/C9H11NS2/c1-6-3-4-8(12-2)7(5-6)9(10)11/h3-5H,1-2H3,(H2,10,11). The first-order valence-corrected chi connectivity index (χ1v) is 5.23. The van der Waals surface area contributed by atoms with E-state index < -0.39 is 0 Å². The first-order chi connectivity index (χ1) is 5.65. The smallest absolute Gasteiger partial charge is 0.105 e. The van der Waals surface area contributed by atoms with Crippen molar-refractivity contribution in [3.8, 4) is 0 Å². The van der Waals surface area contributed by atoms with Gasteiger partial charge in [-0.2, -0.15) is 0 Å². The lowest BCUT2D eigenvalue weighted by Gasteiger charge is -2.05. The van der Waals surface area contributed by atoms with E-state index in [1.54, 1.807) is 11.8 Å². The van der Waals surface area contributed by atoms with Gasteiger partial charge in [-0.1, -0.05) is 23.8 Å². The van der Waals surface area contributed by atoms with Crippen LogP contribution in [-0.4, -0.2) is 11.2 Å². The maximum atomic E-state index is 5.58. The predicted octanol–water partition coefficient (Wildman–Crippen LogP) is 2.35. The molecule has 1 nitrogen and oxygen atoms in total. The fourth-order valence-electron chi connectivity index (χ4n) is 1.01. The molecule has 3 heteroatoms. The molecular weight excluding hydrogens is 186 g/mol. The van der Waals surface area contributed by atoms with Gasteiger partial charge >= 0.3 is 0 Å². The summed E-state index contributed by atoms with van der Waals surface area (Å²) < 4.78 is 0. The van der Waals surface area contributed by atoms with Crippen molar-refractivity contribution < 1.29 is 0 Å². The Morgan fingerprint density at radius 1 is 1.50 bits per heavy atom. The lowest BCUT2D eigenvalue weighted by molar-refractivity contribution is 1.35. The van der Waals surface area contributed by atoms with Crippen molar-refractivity contribution in [3.05, 3.63) is 29.3 Å². The molecule has 0 spiro atoms. The molecule has 1 aromatic rings. The van der Waals surface area contributed by atoms with E-state index in [0.29, 0.717) is 4.99 Å². The summed E-state index contributed by atoms with van der Waals surface area (Å²) in [6.45, 7) is 2.03. The number of rotatable bonds is 2. The average Bonchev–Trinajstić information content (AvgIpc) is 2.04. The van der Waals surface area contributed by atoms with E-state index in [2.05, 4.69) is 12.1 Å². The highest BCUT2D eigenvalue weighted by atomic mass is 32.2. The molecule has 0 saturated carbocycles. The summed E-state index contributed by atoms with van der Waals surface area (Å²) in [5.74, 6) is 0. The van der Waals surface area contributed by atoms with Crippen molar-refractivity contribution in [2.24, 2.45) is 5.73 Å². The van der Waals surface area contributed by atoms with Crippen LogP contribution < -0.4 is 5.73 Å². The third-order valence-corrected chi connectivity index (χ3v) is 2.64. The molecule has 0 amide bonds. The number of thiocarbonyl (C=S) groups is 1. The largest absolute Gasteiger partial charge is 0.389 e. The van der Waals surface area contributed by atoms with Gasteiger partial charge in [-0.3, -0.25) is 0 Å². The minimum atomic E-state index is 0.475. The van der Waals surface area contributed by atoms with Gasteiger partial charge < -0.3 is 5.73 Å². The lowest BCUT2D eigenvalue weighted by atomic mass is 10.1. The Bertz CT molecular complexity index is 307. The van der Waals surface area contributed by atoms with Crippen LogP contribution in [0, 0.1) is 6.92 Å². The Balaban J connectivity index is 3.21. The quantitative estimate of drug-likeness (QED) is 0.582. The van der Waals surface area contributed by atoms with Crippen LogP contribution in [0.15, 0.2) is 23.1 Å². The Morgan fingerprint density at radius 3 is 2.67 bits per heavy atom. The van der Waals surface area contributed by atoms with Crippen molar-refractivity contribution in [3.63, 3.8) is 0 Å². The SMILES string of the molecule is CSc1ccc(C)cc1C(N)=S. The van der Waals surface area contributed by atoms with Gasteiger partial charge in [0, 0.05) is 10.5 Å². The molecule has 0 atom stereocenters. The van der Waals surface area contributed by atoms with Crippen molar-refractivity contribution >= 4 is 29.0 Å². The highest BCUT2D eigenvalue weighted by Crippen LogP contribution is 2.21. The van der Waals surface area contributed by atoms with E-state index in [9.17, 15) is 0 Å². The van der Waals surface area contributed by atoms with Gasteiger partial charge in [0.1, 0.15) is 4.99 Å². The molecular formula is C9H11NS2. The van der Waals surface area contributed by atoms with Crippen LogP contribution in [0.4, 0.5) is 0 Å². The number of benzene rings is 1. The third-order valence-electron chi connectivity index (χ3n) is 1.62. The highest BCUT2D eigenvalue weighted by Gasteiger charge is 2.03. The van der Waals surface area contributed by atoms with Crippen LogP contribution in [0.25, 0.3) is 0 Å². The van der Waals surface area contributed by atoms with Gasteiger partial charge in [0.15, 0.2) is 0 Å². The maximum Gasteiger partial charge on any atom is 0.105 e. The zero-order chi connectivity index (χ0) is 9.14. The molecule has 0 saturated heterocycles. The summed E-state index contributed by atoms with van der Waals surface area (Å²) in [5, 5.41) is 0. The minimum Gasteiger partial charge on any atom is -0.389 e. The summed E-state index contributed by atoms with van der Waals surface area (Å²) in [6.07, 6.45) is 2.02. The van der Waals surface area contributed by atoms with Gasteiger partial charge in [0.05, 0.1) is 0 Å². The summed E-state index contributed by atoms with van der Waals surface area (Å²) >= 11 is 6.60. The molecule has 0 unspecified atom stereocenters. The number of nitrogens with two attached hydrogens (primary N) is 1. The van der Waals surface area contributed by atoms with E-state index in [4.69, 9.17) is 18.0 Å². The zero-order valence-electron chi connectivity index (χ0n) is 7.13. The predicted molar refractivity (Wildman–Crippen MR) is 58.8 cm³/mol. The van der Waals surface area contributed by atoms with Gasteiger partial charge in [-0.05, 0) is 25.3 Å². The Hall–Kier alpha value is -0.540. The van der Waals surface area contributed by atoms with E-state index >= 15 is 0 Å². The maximum absolute atomic E-state index is 5.58. The first-order valence-electron chi connectivity index (χ1n) is 3.59. The van der Waals surface area contributed by atoms with Crippen molar-refractivity contribution in [2.45, 2.75) is 11.8 Å². The average molecular weight is 197 g/mol. The molecule has 0 aliphatic heterocycles. The van der Waals surface area contributed by atoms with Crippen LogP contribution in [0.5, 0.6) is 0 Å². The second-order valence-electron chi connectivity index (χ2n) is 2.57. The fourth-order valence-corrected chi connectivity index (χ4v) is 1.84. The van der Waals surface area contributed by atoms with Gasteiger partial charge in [-0.25, -0.2) is 0 Å². The molecule has 0 radical (unpaired) electrons. The summed E-state index contributed by atoms with van der Waals surface area (Å²) in [6, 6.07) is 6.14. The highest BCUT2D eigenvalue weighted by molar-refractivity contribution is 7.98. The third kappa shape index (κ3) is 1.99. The molecule has 0 aliphatic rings. The van der Waals surface area contributed by atoms with E-state index in [1.165, 1.54) is 5.56 Å². The topological polar surface area (TPSA) is 26.0 Å². The Kier molecular flexibility index (Phi) is 3.12. The molecule has 2 N–H and O–H groups in total. The monoisotopic (exact) mass is 197 g/mol. The van der Waals surface area contributed by atoms with Gasteiger partial charge in [-0.15, -0.1) is 11.8 Å². The second-order valence-corrected chi connectivity index (χ2v) is 3.86. The van der Waals surface area contributed by atoms with Crippen LogP contribution in [0.3, 0.4) is 0 Å². The minimum absolute atomic E-state index is 0.475. The molecule has 1 aromatic carbocycles.